The normalized spacial score (nSPS) is 11.3. The molecule has 0 N–H and O–H groups in total. The zero-order chi connectivity index (χ0) is 31.9. The first-order chi connectivity index (χ1) is 23.8. The van der Waals surface area contributed by atoms with Crippen molar-refractivity contribution in [1.82, 2.24) is 0 Å². The number of thiophene rings is 1. The van der Waals surface area contributed by atoms with Crippen LogP contribution in [0.4, 0.5) is 17.1 Å². The fourth-order valence-corrected chi connectivity index (χ4v) is 8.02. The van der Waals surface area contributed by atoms with E-state index >= 15 is 0 Å². The van der Waals surface area contributed by atoms with Gasteiger partial charge in [-0.15, -0.1) is 11.3 Å². The Balaban J connectivity index is 1.26. The third-order valence-electron chi connectivity index (χ3n) is 9.25. The van der Waals surface area contributed by atoms with Crippen molar-refractivity contribution in [1.29, 1.82) is 0 Å². The fourth-order valence-electron chi connectivity index (χ4n) is 6.94. The van der Waals surface area contributed by atoms with Gasteiger partial charge in [-0.1, -0.05) is 140 Å². The molecule has 2 heteroatoms. The molecule has 0 aliphatic heterocycles. The minimum absolute atomic E-state index is 1.11. The molecule has 0 saturated heterocycles. The van der Waals surface area contributed by atoms with Gasteiger partial charge in [-0.3, -0.25) is 0 Å². The van der Waals surface area contributed by atoms with E-state index in [0.717, 1.165) is 17.1 Å². The van der Waals surface area contributed by atoms with E-state index in [1.807, 2.05) is 11.3 Å². The monoisotopic (exact) mass is 629 g/mol. The van der Waals surface area contributed by atoms with Crippen LogP contribution in [0.1, 0.15) is 0 Å². The van der Waals surface area contributed by atoms with E-state index in [4.69, 9.17) is 0 Å². The summed E-state index contributed by atoms with van der Waals surface area (Å²) >= 11 is 1.86. The minimum Gasteiger partial charge on any atom is -0.309 e. The number of hydrogen-bond acceptors (Lipinski definition) is 2. The van der Waals surface area contributed by atoms with Crippen molar-refractivity contribution in [3.63, 3.8) is 0 Å². The third-order valence-corrected chi connectivity index (χ3v) is 10.4. The highest BCUT2D eigenvalue weighted by molar-refractivity contribution is 7.25. The molecule has 48 heavy (non-hydrogen) atoms. The summed E-state index contributed by atoms with van der Waals surface area (Å²) in [7, 11) is 0. The Kier molecular flexibility index (Phi) is 7.07. The smallest absolute Gasteiger partial charge is 0.0540 e. The van der Waals surface area contributed by atoms with Crippen molar-refractivity contribution >= 4 is 59.3 Å². The molecule has 0 aliphatic rings. The first kappa shape index (κ1) is 28.3. The van der Waals surface area contributed by atoms with Crippen LogP contribution in [0, 0.1) is 0 Å². The molecule has 9 rings (SSSR count). The maximum Gasteiger partial charge on any atom is 0.0540 e. The highest BCUT2D eigenvalue weighted by Gasteiger charge is 2.21. The molecule has 0 atom stereocenters. The van der Waals surface area contributed by atoms with Crippen molar-refractivity contribution in [3.8, 4) is 33.4 Å². The molecule has 1 aromatic heterocycles. The van der Waals surface area contributed by atoms with Gasteiger partial charge < -0.3 is 4.90 Å². The highest BCUT2D eigenvalue weighted by Crippen LogP contribution is 2.46. The summed E-state index contributed by atoms with van der Waals surface area (Å²) in [5.74, 6) is 0. The summed E-state index contributed by atoms with van der Waals surface area (Å²) in [5.41, 5.74) is 10.5. The van der Waals surface area contributed by atoms with Gasteiger partial charge in [0, 0.05) is 37.0 Å². The Morgan fingerprint density at radius 1 is 0.333 bits per heavy atom. The highest BCUT2D eigenvalue weighted by atomic mass is 32.1. The number of hydrogen-bond donors (Lipinski definition) is 0. The molecule has 1 heterocycles. The number of para-hydroxylation sites is 2. The van der Waals surface area contributed by atoms with Crippen molar-refractivity contribution in [2.75, 3.05) is 4.90 Å². The summed E-state index contributed by atoms with van der Waals surface area (Å²) in [6, 6.07) is 68.3. The van der Waals surface area contributed by atoms with Crippen LogP contribution in [0.5, 0.6) is 0 Å². The van der Waals surface area contributed by atoms with Crippen LogP contribution in [0.3, 0.4) is 0 Å². The quantitative estimate of drug-likeness (QED) is 0.177. The van der Waals surface area contributed by atoms with Gasteiger partial charge in [0.2, 0.25) is 0 Å². The van der Waals surface area contributed by atoms with E-state index in [9.17, 15) is 0 Å². The maximum atomic E-state index is 2.44. The average molecular weight is 630 g/mol. The molecule has 1 nitrogen and oxygen atoms in total. The Morgan fingerprint density at radius 3 is 1.77 bits per heavy atom. The van der Waals surface area contributed by atoms with Crippen molar-refractivity contribution in [2.24, 2.45) is 0 Å². The molecule has 0 unspecified atom stereocenters. The Labute approximate surface area is 284 Å². The molecule has 8 aromatic carbocycles. The topological polar surface area (TPSA) is 3.24 Å². The standard InChI is InChI=1S/C46H31NS/c1-2-14-33(15-3-1)39-19-6-9-22-43(39)47(38-18-12-17-35(30-38)36-26-25-32-13-4-5-16-34(32)29-36)44-23-10-7-20-40(44)37-27-28-46-42(31-37)41-21-8-11-24-45(41)48-46/h1-31H. The molecule has 0 amide bonds. The van der Waals surface area contributed by atoms with E-state index in [0.29, 0.717) is 0 Å². The summed E-state index contributed by atoms with van der Waals surface area (Å²) in [5, 5.41) is 5.11. The van der Waals surface area contributed by atoms with Gasteiger partial charge in [-0.25, -0.2) is 0 Å². The lowest BCUT2D eigenvalue weighted by molar-refractivity contribution is 1.28. The van der Waals surface area contributed by atoms with Gasteiger partial charge in [-0.05, 0) is 81.6 Å². The van der Waals surface area contributed by atoms with Crippen LogP contribution in [0.25, 0.3) is 64.3 Å². The van der Waals surface area contributed by atoms with E-state index < -0.39 is 0 Å². The first-order valence-electron chi connectivity index (χ1n) is 16.3. The van der Waals surface area contributed by atoms with Crippen LogP contribution in [0.15, 0.2) is 188 Å². The number of fused-ring (bicyclic) bond motifs is 4. The molecule has 0 spiro atoms. The zero-order valence-corrected chi connectivity index (χ0v) is 27.1. The zero-order valence-electron chi connectivity index (χ0n) is 26.3. The summed E-state index contributed by atoms with van der Waals surface area (Å²) < 4.78 is 2.63. The number of anilines is 3. The molecule has 0 aliphatic carbocycles. The Bertz CT molecular complexity index is 2580. The lowest BCUT2D eigenvalue weighted by Gasteiger charge is -2.30. The predicted octanol–water partition coefficient (Wildman–Crippen LogP) is 13.7. The number of benzene rings is 8. The number of nitrogens with zero attached hydrogens (tertiary/aromatic N) is 1. The molecule has 0 bridgehead atoms. The second-order valence-electron chi connectivity index (χ2n) is 12.2. The average Bonchev–Trinajstić information content (AvgIpc) is 3.54. The number of rotatable bonds is 6. The molecular weight excluding hydrogens is 599 g/mol. The van der Waals surface area contributed by atoms with Gasteiger partial charge in [0.1, 0.15) is 0 Å². The van der Waals surface area contributed by atoms with Gasteiger partial charge in [-0.2, -0.15) is 0 Å². The molecule has 0 radical (unpaired) electrons. The first-order valence-corrected chi connectivity index (χ1v) is 17.2. The largest absolute Gasteiger partial charge is 0.309 e. The third kappa shape index (κ3) is 5.04. The van der Waals surface area contributed by atoms with E-state index in [1.54, 1.807) is 0 Å². The van der Waals surface area contributed by atoms with E-state index in [1.165, 1.54) is 64.3 Å². The van der Waals surface area contributed by atoms with Gasteiger partial charge in [0.05, 0.1) is 11.4 Å². The van der Waals surface area contributed by atoms with Gasteiger partial charge in [0.25, 0.3) is 0 Å². The minimum atomic E-state index is 1.11. The van der Waals surface area contributed by atoms with E-state index in [2.05, 4.69) is 193 Å². The summed E-state index contributed by atoms with van der Waals surface area (Å²) in [6.45, 7) is 0. The lowest BCUT2D eigenvalue weighted by atomic mass is 9.97. The van der Waals surface area contributed by atoms with Gasteiger partial charge in [0.15, 0.2) is 0 Å². The van der Waals surface area contributed by atoms with Gasteiger partial charge >= 0.3 is 0 Å². The van der Waals surface area contributed by atoms with Crippen LogP contribution >= 0.6 is 11.3 Å². The van der Waals surface area contributed by atoms with E-state index in [-0.39, 0.29) is 0 Å². The fraction of sp³-hybridized carbons (Fsp3) is 0. The molecule has 0 fully saturated rings. The van der Waals surface area contributed by atoms with Crippen LogP contribution in [0.2, 0.25) is 0 Å². The Hall–Kier alpha value is -5.96. The molecule has 226 valence electrons. The van der Waals surface area contributed by atoms with Crippen molar-refractivity contribution in [2.45, 2.75) is 0 Å². The van der Waals surface area contributed by atoms with Crippen molar-refractivity contribution < 1.29 is 0 Å². The Morgan fingerprint density at radius 2 is 0.938 bits per heavy atom. The summed E-state index contributed by atoms with van der Waals surface area (Å²) in [4.78, 5) is 2.44. The molecule has 0 saturated carbocycles. The van der Waals surface area contributed by atoms with Crippen LogP contribution in [-0.2, 0) is 0 Å². The van der Waals surface area contributed by atoms with Crippen molar-refractivity contribution in [3.05, 3.63) is 188 Å². The summed E-state index contributed by atoms with van der Waals surface area (Å²) in [6.07, 6.45) is 0. The second kappa shape index (κ2) is 12.0. The predicted molar refractivity (Wildman–Crippen MR) is 208 cm³/mol. The van der Waals surface area contributed by atoms with Crippen LogP contribution < -0.4 is 4.90 Å². The lowest BCUT2D eigenvalue weighted by Crippen LogP contribution is -2.12. The second-order valence-corrected chi connectivity index (χ2v) is 13.2. The molecule has 9 aromatic rings. The van der Waals surface area contributed by atoms with Crippen LogP contribution in [-0.4, -0.2) is 0 Å². The SMILES string of the molecule is c1ccc(-c2ccccc2N(c2cccc(-c3ccc4ccccc4c3)c2)c2ccccc2-c2ccc3sc4ccccc4c3c2)cc1. The maximum absolute atomic E-state index is 2.44. The molecular formula is C46H31NS.